The number of amides is 1. The zero-order valence-electron chi connectivity index (χ0n) is 11.7. The van der Waals surface area contributed by atoms with Crippen molar-refractivity contribution in [2.24, 2.45) is 5.92 Å². The molecule has 1 unspecified atom stereocenters. The lowest BCUT2D eigenvalue weighted by atomic mass is 10.1. The van der Waals surface area contributed by atoms with E-state index in [1.54, 1.807) is 30.2 Å². The Labute approximate surface area is 117 Å². The van der Waals surface area contributed by atoms with Crippen LogP contribution >= 0.6 is 0 Å². The molecule has 0 aromatic heterocycles. The number of carbonyl (C=O) groups excluding carboxylic acids is 2. The molecule has 6 nitrogen and oxygen atoms in total. The van der Waals surface area contributed by atoms with Gasteiger partial charge >= 0.3 is 5.97 Å². The van der Waals surface area contributed by atoms with Gasteiger partial charge in [0.2, 0.25) is 5.91 Å². The molecule has 1 saturated heterocycles. The second-order valence-electron chi connectivity index (χ2n) is 4.47. The van der Waals surface area contributed by atoms with Gasteiger partial charge in [0.05, 0.1) is 27.2 Å². The summed E-state index contributed by atoms with van der Waals surface area (Å²) in [5.74, 6) is 0.251. The molecule has 1 fully saturated rings. The van der Waals surface area contributed by atoms with Crippen molar-refractivity contribution in [2.75, 3.05) is 32.8 Å². The van der Waals surface area contributed by atoms with Crippen LogP contribution in [0.25, 0.3) is 0 Å². The molecule has 20 heavy (non-hydrogen) atoms. The Hall–Kier alpha value is -2.24. The van der Waals surface area contributed by atoms with E-state index in [2.05, 4.69) is 4.74 Å². The summed E-state index contributed by atoms with van der Waals surface area (Å²) in [7, 11) is 4.41. The second kappa shape index (κ2) is 5.81. The molecule has 0 N–H and O–H groups in total. The van der Waals surface area contributed by atoms with Crippen LogP contribution in [0.2, 0.25) is 0 Å². The van der Waals surface area contributed by atoms with Gasteiger partial charge in [-0.25, -0.2) is 0 Å². The first-order valence-electron chi connectivity index (χ1n) is 6.21. The highest BCUT2D eigenvalue weighted by Gasteiger charge is 2.36. The number of esters is 1. The Balaban J connectivity index is 2.24. The molecule has 1 aliphatic heterocycles. The lowest BCUT2D eigenvalue weighted by molar-refractivity contribution is -0.145. The van der Waals surface area contributed by atoms with Crippen LogP contribution in [0.5, 0.6) is 11.5 Å². The van der Waals surface area contributed by atoms with Gasteiger partial charge in [0, 0.05) is 24.7 Å². The Kier molecular flexibility index (Phi) is 4.12. The highest BCUT2D eigenvalue weighted by Crippen LogP contribution is 2.34. The van der Waals surface area contributed by atoms with E-state index in [-0.39, 0.29) is 18.3 Å². The lowest BCUT2D eigenvalue weighted by Crippen LogP contribution is -2.26. The number of carbonyl (C=O) groups is 2. The van der Waals surface area contributed by atoms with E-state index in [0.717, 1.165) is 0 Å². The predicted molar refractivity (Wildman–Crippen MR) is 72.0 cm³/mol. The van der Waals surface area contributed by atoms with E-state index in [1.807, 2.05) is 0 Å². The van der Waals surface area contributed by atoms with Gasteiger partial charge in [-0.05, 0) is 12.1 Å². The van der Waals surface area contributed by atoms with Crippen LogP contribution in [-0.4, -0.2) is 39.8 Å². The summed E-state index contributed by atoms with van der Waals surface area (Å²) in [5.41, 5.74) is 0.680. The predicted octanol–water partition coefficient (Wildman–Crippen LogP) is 1.23. The molecule has 1 aromatic carbocycles. The summed E-state index contributed by atoms with van der Waals surface area (Å²) in [6.07, 6.45) is 0.168. The summed E-state index contributed by atoms with van der Waals surface area (Å²) in [5, 5.41) is 0. The third kappa shape index (κ3) is 2.54. The molecule has 1 aliphatic rings. The smallest absolute Gasteiger partial charge is 0.311 e. The average molecular weight is 279 g/mol. The lowest BCUT2D eigenvalue weighted by Gasteiger charge is -2.18. The van der Waals surface area contributed by atoms with Gasteiger partial charge in [0.25, 0.3) is 0 Å². The fourth-order valence-electron chi connectivity index (χ4n) is 2.27. The zero-order chi connectivity index (χ0) is 14.7. The molecule has 6 heteroatoms. The van der Waals surface area contributed by atoms with Crippen molar-refractivity contribution in [3.05, 3.63) is 18.2 Å². The van der Waals surface area contributed by atoms with Crippen LogP contribution in [0, 0.1) is 5.92 Å². The monoisotopic (exact) mass is 279 g/mol. The first-order valence-corrected chi connectivity index (χ1v) is 6.21. The summed E-state index contributed by atoms with van der Waals surface area (Å²) in [6.45, 7) is 0.320. The van der Waals surface area contributed by atoms with Crippen LogP contribution < -0.4 is 14.4 Å². The molecule has 0 saturated carbocycles. The molecule has 2 rings (SSSR count). The number of anilines is 1. The number of hydrogen-bond donors (Lipinski definition) is 0. The van der Waals surface area contributed by atoms with Gasteiger partial charge in [-0.2, -0.15) is 0 Å². The number of methoxy groups -OCH3 is 3. The van der Waals surface area contributed by atoms with Gasteiger partial charge in [0.15, 0.2) is 11.5 Å². The summed E-state index contributed by atoms with van der Waals surface area (Å²) in [6, 6.07) is 5.21. The van der Waals surface area contributed by atoms with E-state index in [9.17, 15) is 9.59 Å². The van der Waals surface area contributed by atoms with Crippen molar-refractivity contribution in [3.8, 4) is 11.5 Å². The maximum Gasteiger partial charge on any atom is 0.311 e. The molecule has 0 radical (unpaired) electrons. The van der Waals surface area contributed by atoms with Gasteiger partial charge in [-0.15, -0.1) is 0 Å². The van der Waals surface area contributed by atoms with Crippen molar-refractivity contribution in [2.45, 2.75) is 6.42 Å². The standard InChI is InChI=1S/C14H17NO5/c1-18-11-5-4-10(7-12(11)19-2)15-8-9(6-13(15)16)14(17)20-3/h4-5,7,9H,6,8H2,1-3H3. The van der Waals surface area contributed by atoms with Crippen LogP contribution in [0.1, 0.15) is 6.42 Å². The number of benzene rings is 1. The molecule has 1 aromatic rings. The number of rotatable bonds is 4. The fraction of sp³-hybridized carbons (Fsp3) is 0.429. The minimum atomic E-state index is -0.416. The first kappa shape index (κ1) is 14.2. The van der Waals surface area contributed by atoms with Crippen LogP contribution in [0.4, 0.5) is 5.69 Å². The van der Waals surface area contributed by atoms with Crippen molar-refractivity contribution < 1.29 is 23.8 Å². The van der Waals surface area contributed by atoms with Crippen molar-refractivity contribution in [1.29, 1.82) is 0 Å². The van der Waals surface area contributed by atoms with Crippen molar-refractivity contribution in [1.82, 2.24) is 0 Å². The molecule has 1 amide bonds. The van der Waals surface area contributed by atoms with Gasteiger partial charge in [-0.1, -0.05) is 0 Å². The number of nitrogens with zero attached hydrogens (tertiary/aromatic N) is 1. The molecule has 1 heterocycles. The Bertz CT molecular complexity index is 528. The van der Waals surface area contributed by atoms with Crippen LogP contribution in [-0.2, 0) is 14.3 Å². The van der Waals surface area contributed by atoms with Crippen LogP contribution in [0.15, 0.2) is 18.2 Å². The largest absolute Gasteiger partial charge is 0.493 e. The van der Waals surface area contributed by atoms with Crippen molar-refractivity contribution >= 4 is 17.6 Å². The van der Waals surface area contributed by atoms with E-state index >= 15 is 0 Å². The minimum Gasteiger partial charge on any atom is -0.493 e. The third-order valence-electron chi connectivity index (χ3n) is 3.34. The maximum atomic E-state index is 12.0. The van der Waals surface area contributed by atoms with E-state index in [4.69, 9.17) is 9.47 Å². The van der Waals surface area contributed by atoms with Gasteiger partial charge < -0.3 is 19.1 Å². The normalized spacial score (nSPS) is 18.1. The number of ether oxygens (including phenoxy) is 3. The molecule has 0 aliphatic carbocycles. The van der Waals surface area contributed by atoms with E-state index in [1.165, 1.54) is 14.2 Å². The quantitative estimate of drug-likeness (QED) is 0.776. The molecule has 108 valence electrons. The first-order chi connectivity index (χ1) is 9.60. The highest BCUT2D eigenvalue weighted by molar-refractivity contribution is 5.99. The Morgan fingerprint density at radius 2 is 1.90 bits per heavy atom. The molecule has 1 atom stereocenters. The molecular weight excluding hydrogens is 262 g/mol. The van der Waals surface area contributed by atoms with Crippen LogP contribution in [0.3, 0.4) is 0 Å². The van der Waals surface area contributed by atoms with Gasteiger partial charge in [-0.3, -0.25) is 9.59 Å². The average Bonchev–Trinajstić information content (AvgIpc) is 2.87. The highest BCUT2D eigenvalue weighted by atomic mass is 16.5. The SMILES string of the molecule is COC(=O)C1CC(=O)N(c2ccc(OC)c(OC)c2)C1. The summed E-state index contributed by atoms with van der Waals surface area (Å²) in [4.78, 5) is 25.1. The summed E-state index contributed by atoms with van der Waals surface area (Å²) < 4.78 is 15.1. The Morgan fingerprint density at radius 3 is 2.50 bits per heavy atom. The van der Waals surface area contributed by atoms with E-state index < -0.39 is 5.92 Å². The maximum absolute atomic E-state index is 12.0. The van der Waals surface area contributed by atoms with Crippen molar-refractivity contribution in [3.63, 3.8) is 0 Å². The zero-order valence-corrected chi connectivity index (χ0v) is 11.7. The van der Waals surface area contributed by atoms with E-state index in [0.29, 0.717) is 23.7 Å². The summed E-state index contributed by atoms with van der Waals surface area (Å²) >= 11 is 0. The molecule has 0 spiro atoms. The topological polar surface area (TPSA) is 65.1 Å². The molecular formula is C14H17NO5. The Morgan fingerprint density at radius 1 is 1.20 bits per heavy atom. The fourth-order valence-corrected chi connectivity index (χ4v) is 2.27. The van der Waals surface area contributed by atoms with Gasteiger partial charge in [0.1, 0.15) is 0 Å². The second-order valence-corrected chi connectivity index (χ2v) is 4.47. The molecule has 0 bridgehead atoms. The number of hydrogen-bond acceptors (Lipinski definition) is 5. The third-order valence-corrected chi connectivity index (χ3v) is 3.34. The minimum absolute atomic E-state index is 0.104.